The molecule has 1 N–H and O–H groups in total. The Bertz CT molecular complexity index is 1280. The average molecular weight is 502 g/mol. The maximum absolute atomic E-state index is 13.3. The highest BCUT2D eigenvalue weighted by atomic mass is 35.5. The van der Waals surface area contributed by atoms with E-state index in [0.29, 0.717) is 11.4 Å². The minimum Gasteiger partial charge on any atom is -0.357 e. The molecular weight excluding hydrogens is 474 g/mol. The first-order valence-corrected chi connectivity index (χ1v) is 12.7. The number of benzene rings is 3. The van der Waals surface area contributed by atoms with Gasteiger partial charge in [-0.25, -0.2) is 8.42 Å². The minimum absolute atomic E-state index is 0.101. The molecule has 7 nitrogen and oxygen atoms in total. The monoisotopic (exact) mass is 501 g/mol. The Hall–Kier alpha value is -2.94. The summed E-state index contributed by atoms with van der Waals surface area (Å²) in [4.78, 5) is 27.4. The van der Waals surface area contributed by atoms with Gasteiger partial charge in [-0.3, -0.25) is 9.59 Å². The molecule has 0 unspecified atom stereocenters. The van der Waals surface area contributed by atoms with Crippen LogP contribution in [0.4, 0.5) is 0 Å². The normalized spacial score (nSPS) is 12.5. The Morgan fingerprint density at radius 2 is 1.65 bits per heavy atom. The molecule has 1 atom stereocenters. The van der Waals surface area contributed by atoms with Crippen LogP contribution in [0.3, 0.4) is 0 Å². The van der Waals surface area contributed by atoms with Gasteiger partial charge in [-0.05, 0) is 47.0 Å². The van der Waals surface area contributed by atoms with Crippen LogP contribution in [0.25, 0.3) is 10.8 Å². The summed E-state index contributed by atoms with van der Waals surface area (Å²) < 4.78 is 27.5. The van der Waals surface area contributed by atoms with Gasteiger partial charge in [0.05, 0.1) is 11.4 Å². The zero-order valence-electron chi connectivity index (χ0n) is 19.4. The van der Waals surface area contributed by atoms with Crippen molar-refractivity contribution < 1.29 is 18.0 Å². The van der Waals surface area contributed by atoms with E-state index >= 15 is 0 Å². The molecule has 0 radical (unpaired) electrons. The van der Waals surface area contributed by atoms with Crippen molar-refractivity contribution in [3.63, 3.8) is 0 Å². The molecule has 3 aromatic rings. The van der Waals surface area contributed by atoms with E-state index < -0.39 is 28.5 Å². The second-order valence-electron chi connectivity index (χ2n) is 7.96. The van der Waals surface area contributed by atoms with Crippen LogP contribution in [0.1, 0.15) is 18.9 Å². The highest BCUT2D eigenvalue weighted by molar-refractivity contribution is 7.89. The number of nitrogens with one attached hydrogen (secondary N) is 1. The van der Waals surface area contributed by atoms with Crippen molar-refractivity contribution in [3.05, 3.63) is 77.3 Å². The fourth-order valence-electron chi connectivity index (χ4n) is 3.75. The third-order valence-corrected chi connectivity index (χ3v) is 7.74. The van der Waals surface area contributed by atoms with Crippen LogP contribution >= 0.6 is 11.6 Å². The summed E-state index contributed by atoms with van der Waals surface area (Å²) in [6.07, 6.45) is 0.375. The van der Waals surface area contributed by atoms with Gasteiger partial charge in [-0.1, -0.05) is 61.0 Å². The van der Waals surface area contributed by atoms with Gasteiger partial charge in [0.25, 0.3) is 0 Å². The lowest BCUT2D eigenvalue weighted by molar-refractivity contribution is -0.141. The molecule has 2 amide bonds. The lowest BCUT2D eigenvalue weighted by Crippen LogP contribution is -2.51. The number of hydrogen-bond acceptors (Lipinski definition) is 4. The van der Waals surface area contributed by atoms with Gasteiger partial charge in [0, 0.05) is 25.7 Å². The summed E-state index contributed by atoms with van der Waals surface area (Å²) in [5.41, 5.74) is 0.778. The summed E-state index contributed by atoms with van der Waals surface area (Å²) in [6.45, 7) is 1.54. The van der Waals surface area contributed by atoms with E-state index in [2.05, 4.69) is 5.32 Å². The molecule has 0 saturated heterocycles. The first kappa shape index (κ1) is 25.7. The molecule has 0 bridgehead atoms. The van der Waals surface area contributed by atoms with Crippen molar-refractivity contribution in [2.45, 2.75) is 30.8 Å². The molecule has 3 aromatic carbocycles. The molecule has 0 fully saturated rings. The summed E-state index contributed by atoms with van der Waals surface area (Å²) in [7, 11) is -1.06. The second-order valence-corrected chi connectivity index (χ2v) is 10.4. The van der Waals surface area contributed by atoms with Crippen LogP contribution in [-0.4, -0.2) is 56.1 Å². The van der Waals surface area contributed by atoms with E-state index in [4.69, 9.17) is 11.6 Å². The smallest absolute Gasteiger partial charge is 0.243 e. The molecule has 9 heteroatoms. The standard InChI is InChI=1S/C25H28ClN3O4S/c1-4-23(25(31)27-2)29(16-18-9-12-21(26)13-10-18)24(30)17-28(3)34(32,33)22-14-11-19-7-5-6-8-20(19)15-22/h5-15,23H,4,16-17H2,1-3H3,(H,27,31)/t23-/m0/s1. The quantitative estimate of drug-likeness (QED) is 0.484. The van der Waals surface area contributed by atoms with E-state index in [1.54, 1.807) is 43.3 Å². The van der Waals surface area contributed by atoms with Crippen molar-refractivity contribution in [2.75, 3.05) is 20.6 Å². The van der Waals surface area contributed by atoms with E-state index in [1.807, 2.05) is 24.3 Å². The fraction of sp³-hybridized carbons (Fsp3) is 0.280. The number of likely N-dealkylation sites (N-methyl/N-ethyl adjacent to an activating group) is 2. The fourth-order valence-corrected chi connectivity index (χ4v) is 5.03. The van der Waals surface area contributed by atoms with Gasteiger partial charge in [0.2, 0.25) is 21.8 Å². The average Bonchev–Trinajstić information content (AvgIpc) is 2.84. The Morgan fingerprint density at radius 1 is 1.00 bits per heavy atom. The summed E-state index contributed by atoms with van der Waals surface area (Å²) in [5.74, 6) is -0.790. The SMILES string of the molecule is CC[C@@H](C(=O)NC)N(Cc1ccc(Cl)cc1)C(=O)CN(C)S(=O)(=O)c1ccc2ccccc2c1. The third-order valence-electron chi connectivity index (χ3n) is 5.69. The van der Waals surface area contributed by atoms with E-state index in [-0.39, 0.29) is 17.3 Å². The van der Waals surface area contributed by atoms with Gasteiger partial charge in [0.15, 0.2) is 0 Å². The van der Waals surface area contributed by atoms with Crippen LogP contribution in [0.5, 0.6) is 0 Å². The first-order chi connectivity index (χ1) is 16.2. The van der Waals surface area contributed by atoms with Crippen LogP contribution in [-0.2, 0) is 26.2 Å². The number of carbonyl (C=O) groups excluding carboxylic acids is 2. The zero-order chi connectivity index (χ0) is 24.9. The highest BCUT2D eigenvalue weighted by Crippen LogP contribution is 2.22. The van der Waals surface area contributed by atoms with Crippen molar-refractivity contribution in [2.24, 2.45) is 0 Å². The summed E-state index contributed by atoms with van der Waals surface area (Å²) in [5, 5.41) is 4.86. The minimum atomic E-state index is -3.93. The number of fused-ring (bicyclic) bond motifs is 1. The van der Waals surface area contributed by atoms with Crippen molar-refractivity contribution in [1.29, 1.82) is 0 Å². The molecule has 0 aliphatic carbocycles. The van der Waals surface area contributed by atoms with Crippen LogP contribution in [0, 0.1) is 0 Å². The van der Waals surface area contributed by atoms with Crippen LogP contribution in [0.15, 0.2) is 71.6 Å². The topological polar surface area (TPSA) is 86.8 Å². The Labute approximate surface area is 205 Å². The largest absolute Gasteiger partial charge is 0.357 e. The number of nitrogens with zero attached hydrogens (tertiary/aromatic N) is 2. The molecular formula is C25H28ClN3O4S. The summed E-state index contributed by atoms with van der Waals surface area (Å²) in [6, 6.07) is 18.5. The van der Waals surface area contributed by atoms with Crippen molar-refractivity contribution in [1.82, 2.24) is 14.5 Å². The lowest BCUT2D eigenvalue weighted by atomic mass is 10.1. The predicted molar refractivity (Wildman–Crippen MR) is 134 cm³/mol. The van der Waals surface area contributed by atoms with Gasteiger partial charge < -0.3 is 10.2 Å². The van der Waals surface area contributed by atoms with Gasteiger partial charge >= 0.3 is 0 Å². The molecule has 0 spiro atoms. The molecule has 0 heterocycles. The van der Waals surface area contributed by atoms with Crippen molar-refractivity contribution >= 4 is 44.2 Å². The van der Waals surface area contributed by atoms with Crippen molar-refractivity contribution in [3.8, 4) is 0 Å². The number of halogens is 1. The van der Waals surface area contributed by atoms with E-state index in [9.17, 15) is 18.0 Å². The Morgan fingerprint density at radius 3 is 2.26 bits per heavy atom. The number of rotatable bonds is 9. The van der Waals surface area contributed by atoms with Gasteiger partial charge in [0.1, 0.15) is 6.04 Å². The maximum atomic E-state index is 13.3. The Kier molecular flexibility index (Phi) is 8.30. The molecule has 0 aliphatic heterocycles. The summed E-state index contributed by atoms with van der Waals surface area (Å²) >= 11 is 5.97. The van der Waals surface area contributed by atoms with Crippen LogP contribution in [0.2, 0.25) is 5.02 Å². The number of sulfonamides is 1. The number of hydrogen-bond donors (Lipinski definition) is 1. The number of carbonyl (C=O) groups is 2. The molecule has 0 saturated carbocycles. The molecule has 0 aliphatic rings. The maximum Gasteiger partial charge on any atom is 0.243 e. The second kappa shape index (κ2) is 11.0. The molecule has 180 valence electrons. The zero-order valence-corrected chi connectivity index (χ0v) is 20.9. The predicted octanol–water partition coefficient (Wildman–Crippen LogP) is 3.67. The first-order valence-electron chi connectivity index (χ1n) is 10.9. The van der Waals surface area contributed by atoms with Crippen LogP contribution < -0.4 is 5.32 Å². The molecule has 0 aromatic heterocycles. The van der Waals surface area contributed by atoms with Gasteiger partial charge in [-0.15, -0.1) is 0 Å². The van der Waals surface area contributed by atoms with Gasteiger partial charge in [-0.2, -0.15) is 4.31 Å². The third kappa shape index (κ3) is 5.75. The molecule has 34 heavy (non-hydrogen) atoms. The highest BCUT2D eigenvalue weighted by Gasteiger charge is 2.31. The molecule has 3 rings (SSSR count). The van der Waals surface area contributed by atoms with E-state index in [1.165, 1.54) is 25.1 Å². The lowest BCUT2D eigenvalue weighted by Gasteiger charge is -2.31. The Balaban J connectivity index is 1.87. The number of amides is 2. The van der Waals surface area contributed by atoms with E-state index in [0.717, 1.165) is 20.6 Å².